The first-order valence-corrected chi connectivity index (χ1v) is 8.77. The van der Waals surface area contributed by atoms with Gasteiger partial charge in [-0.25, -0.2) is 0 Å². The number of carbonyl (C=O) groups excluding carboxylic acids is 2. The monoisotopic (exact) mass is 314 g/mol. The number of hydrogen-bond donors (Lipinski definition) is 1. The molecule has 0 bridgehead atoms. The molecule has 0 spiro atoms. The van der Waals surface area contributed by atoms with E-state index in [2.05, 4.69) is 19.2 Å². The van der Waals surface area contributed by atoms with Crippen molar-refractivity contribution in [3.05, 3.63) is 29.8 Å². The van der Waals surface area contributed by atoms with Gasteiger partial charge in [-0.1, -0.05) is 32.0 Å². The summed E-state index contributed by atoms with van der Waals surface area (Å²) >= 11 is 0. The maximum absolute atomic E-state index is 12.5. The number of hydrogen-bond acceptors (Lipinski definition) is 2. The Kier molecular flexibility index (Phi) is 4.69. The van der Waals surface area contributed by atoms with E-state index in [-0.39, 0.29) is 23.7 Å². The molecule has 0 aromatic heterocycles. The fourth-order valence-electron chi connectivity index (χ4n) is 3.56. The van der Waals surface area contributed by atoms with Crippen LogP contribution in [0.1, 0.15) is 38.7 Å². The highest BCUT2D eigenvalue weighted by atomic mass is 16.2. The Morgan fingerprint density at radius 2 is 2.04 bits per heavy atom. The number of nitrogens with one attached hydrogen (secondary N) is 1. The lowest BCUT2D eigenvalue weighted by Gasteiger charge is -2.31. The van der Waals surface area contributed by atoms with Crippen LogP contribution < -0.4 is 5.32 Å². The summed E-state index contributed by atoms with van der Waals surface area (Å²) in [6.45, 7) is 5.97. The first-order valence-electron chi connectivity index (χ1n) is 8.77. The highest BCUT2D eigenvalue weighted by Crippen LogP contribution is 2.41. The molecule has 4 heteroatoms. The van der Waals surface area contributed by atoms with Crippen molar-refractivity contribution >= 4 is 17.5 Å². The molecule has 23 heavy (non-hydrogen) atoms. The number of piperidine rings is 1. The molecule has 1 aliphatic carbocycles. The molecule has 124 valence electrons. The number of rotatable bonds is 4. The van der Waals surface area contributed by atoms with Crippen LogP contribution in [-0.2, 0) is 16.0 Å². The van der Waals surface area contributed by atoms with Crippen molar-refractivity contribution in [2.24, 2.45) is 17.8 Å². The molecule has 1 heterocycles. The number of anilines is 1. The Balaban J connectivity index is 1.57. The maximum atomic E-state index is 12.5. The molecule has 1 N–H and O–H groups in total. The van der Waals surface area contributed by atoms with E-state index >= 15 is 0 Å². The van der Waals surface area contributed by atoms with Gasteiger partial charge < -0.3 is 10.2 Å². The fraction of sp³-hybridized carbons (Fsp3) is 0.579. The van der Waals surface area contributed by atoms with Crippen LogP contribution in [0.3, 0.4) is 0 Å². The molecule has 0 radical (unpaired) electrons. The molecule has 1 aliphatic heterocycles. The largest absolute Gasteiger partial charge is 0.342 e. The van der Waals surface area contributed by atoms with Crippen LogP contribution in [0, 0.1) is 17.8 Å². The standard InChI is InChI=1S/C19H26N2O2/c1-3-14-8-4-5-9-17(14)20-18(22)15-11-16(15)19(23)21-10-6-7-13(2)12-21/h4-5,8-9,13,15-16H,3,6-7,10-12H2,1-2H3,(H,20,22). The van der Waals surface area contributed by atoms with E-state index in [1.165, 1.54) is 6.42 Å². The molecule has 2 amide bonds. The van der Waals surface area contributed by atoms with Crippen molar-refractivity contribution in [3.8, 4) is 0 Å². The van der Waals surface area contributed by atoms with Gasteiger partial charge in [-0.3, -0.25) is 9.59 Å². The molecule has 3 atom stereocenters. The third kappa shape index (κ3) is 3.57. The Bertz CT molecular complexity index is 599. The van der Waals surface area contributed by atoms with Gasteiger partial charge in [0.1, 0.15) is 0 Å². The fourth-order valence-corrected chi connectivity index (χ4v) is 3.56. The zero-order valence-electron chi connectivity index (χ0n) is 14.0. The minimum Gasteiger partial charge on any atom is -0.342 e. The smallest absolute Gasteiger partial charge is 0.228 e. The molecule has 3 unspecified atom stereocenters. The second kappa shape index (κ2) is 6.73. The van der Waals surface area contributed by atoms with Crippen LogP contribution in [-0.4, -0.2) is 29.8 Å². The van der Waals surface area contributed by atoms with Gasteiger partial charge in [0.2, 0.25) is 11.8 Å². The zero-order valence-corrected chi connectivity index (χ0v) is 14.0. The molecule has 2 fully saturated rings. The second-order valence-corrected chi connectivity index (χ2v) is 6.98. The number of amides is 2. The zero-order chi connectivity index (χ0) is 16.4. The maximum Gasteiger partial charge on any atom is 0.228 e. The predicted octanol–water partition coefficient (Wildman–Crippen LogP) is 3.08. The summed E-state index contributed by atoms with van der Waals surface area (Å²) < 4.78 is 0. The molecular weight excluding hydrogens is 288 g/mol. The van der Waals surface area contributed by atoms with Crippen molar-refractivity contribution in [1.29, 1.82) is 0 Å². The quantitative estimate of drug-likeness (QED) is 0.928. The lowest BCUT2D eigenvalue weighted by Crippen LogP contribution is -2.40. The Hall–Kier alpha value is -1.84. The first-order chi connectivity index (χ1) is 11.1. The van der Waals surface area contributed by atoms with E-state index in [1.807, 2.05) is 29.2 Å². The van der Waals surface area contributed by atoms with Gasteiger partial charge in [0, 0.05) is 18.8 Å². The van der Waals surface area contributed by atoms with Crippen molar-refractivity contribution in [2.45, 2.75) is 39.5 Å². The number of carbonyl (C=O) groups is 2. The molecule has 1 saturated carbocycles. The van der Waals surface area contributed by atoms with E-state index in [0.29, 0.717) is 12.3 Å². The Labute approximate surface area is 138 Å². The van der Waals surface area contributed by atoms with Crippen molar-refractivity contribution in [2.75, 3.05) is 18.4 Å². The summed E-state index contributed by atoms with van der Waals surface area (Å²) in [5, 5.41) is 3.01. The van der Waals surface area contributed by atoms with Crippen LogP contribution in [0.15, 0.2) is 24.3 Å². The minimum absolute atomic E-state index is 0.00527. The summed E-state index contributed by atoms with van der Waals surface area (Å²) in [5.41, 5.74) is 2.01. The van der Waals surface area contributed by atoms with E-state index in [9.17, 15) is 9.59 Å². The van der Waals surface area contributed by atoms with Gasteiger partial charge in [0.15, 0.2) is 0 Å². The minimum atomic E-state index is -0.148. The molecule has 1 aromatic carbocycles. The predicted molar refractivity (Wildman–Crippen MR) is 91.0 cm³/mol. The van der Waals surface area contributed by atoms with E-state index in [1.54, 1.807) is 0 Å². The number of benzene rings is 1. The molecule has 3 rings (SSSR count). The van der Waals surface area contributed by atoms with Gasteiger partial charge in [-0.05, 0) is 43.2 Å². The van der Waals surface area contributed by atoms with E-state index < -0.39 is 0 Å². The summed E-state index contributed by atoms with van der Waals surface area (Å²) in [5.74, 6) is 0.503. The highest BCUT2D eigenvalue weighted by Gasteiger charge is 2.49. The van der Waals surface area contributed by atoms with Crippen LogP contribution in [0.5, 0.6) is 0 Å². The van der Waals surface area contributed by atoms with Gasteiger partial charge in [-0.2, -0.15) is 0 Å². The third-order valence-corrected chi connectivity index (χ3v) is 5.07. The SMILES string of the molecule is CCc1ccccc1NC(=O)C1CC1C(=O)N1CCCC(C)C1. The van der Waals surface area contributed by atoms with Crippen LogP contribution in [0.4, 0.5) is 5.69 Å². The van der Waals surface area contributed by atoms with E-state index in [4.69, 9.17) is 0 Å². The van der Waals surface area contributed by atoms with Gasteiger partial charge >= 0.3 is 0 Å². The average Bonchev–Trinajstić information content (AvgIpc) is 3.35. The van der Waals surface area contributed by atoms with E-state index in [0.717, 1.165) is 37.2 Å². The van der Waals surface area contributed by atoms with Crippen molar-refractivity contribution in [3.63, 3.8) is 0 Å². The number of nitrogens with zero attached hydrogens (tertiary/aromatic N) is 1. The first kappa shape index (κ1) is 16.0. The van der Waals surface area contributed by atoms with Gasteiger partial charge in [0.05, 0.1) is 11.8 Å². The highest BCUT2D eigenvalue weighted by molar-refractivity contribution is 5.99. The van der Waals surface area contributed by atoms with Crippen molar-refractivity contribution in [1.82, 2.24) is 4.90 Å². The summed E-state index contributed by atoms with van der Waals surface area (Å²) in [4.78, 5) is 26.9. The average molecular weight is 314 g/mol. The lowest BCUT2D eigenvalue weighted by molar-refractivity contribution is -0.135. The third-order valence-electron chi connectivity index (χ3n) is 5.07. The second-order valence-electron chi connectivity index (χ2n) is 6.98. The normalized spacial score (nSPS) is 26.7. The Morgan fingerprint density at radius 1 is 1.26 bits per heavy atom. The molecule has 4 nitrogen and oxygen atoms in total. The number of para-hydroxylation sites is 1. The number of likely N-dealkylation sites (tertiary alicyclic amines) is 1. The Morgan fingerprint density at radius 3 is 2.78 bits per heavy atom. The topological polar surface area (TPSA) is 49.4 Å². The molecule has 1 aromatic rings. The summed E-state index contributed by atoms with van der Waals surface area (Å²) in [7, 11) is 0. The summed E-state index contributed by atoms with van der Waals surface area (Å²) in [6.07, 6.45) is 3.87. The van der Waals surface area contributed by atoms with Crippen LogP contribution in [0.2, 0.25) is 0 Å². The number of aryl methyl sites for hydroxylation is 1. The lowest BCUT2D eigenvalue weighted by atomic mass is 10.00. The van der Waals surface area contributed by atoms with Crippen LogP contribution in [0.25, 0.3) is 0 Å². The molecule has 2 aliphatic rings. The summed E-state index contributed by atoms with van der Waals surface area (Å²) in [6, 6.07) is 7.87. The molecular formula is C19H26N2O2. The van der Waals surface area contributed by atoms with Gasteiger partial charge in [-0.15, -0.1) is 0 Å². The van der Waals surface area contributed by atoms with Crippen LogP contribution >= 0.6 is 0 Å². The molecule has 1 saturated heterocycles. The van der Waals surface area contributed by atoms with Crippen molar-refractivity contribution < 1.29 is 9.59 Å². The van der Waals surface area contributed by atoms with Gasteiger partial charge in [0.25, 0.3) is 0 Å².